The van der Waals surface area contributed by atoms with E-state index >= 15 is 0 Å². The number of pyridine rings is 1. The van der Waals surface area contributed by atoms with Crippen LogP contribution >= 0.6 is 0 Å². The molecule has 3 heterocycles. The largest absolute Gasteiger partial charge is 0.343 e. The molecule has 1 unspecified atom stereocenters. The predicted octanol–water partition coefficient (Wildman–Crippen LogP) is 1.64. The fourth-order valence-electron chi connectivity index (χ4n) is 2.12. The Morgan fingerprint density at radius 3 is 3.21 bits per heavy atom. The van der Waals surface area contributed by atoms with Crippen LogP contribution in [-0.4, -0.2) is 23.1 Å². The lowest BCUT2D eigenvalue weighted by atomic mass is 10.1. The van der Waals surface area contributed by atoms with Crippen molar-refractivity contribution in [2.45, 2.75) is 12.3 Å². The Balaban J connectivity index is 2.05. The highest BCUT2D eigenvalue weighted by Crippen LogP contribution is 2.24. The van der Waals surface area contributed by atoms with Crippen molar-refractivity contribution in [2.75, 3.05) is 13.1 Å². The lowest BCUT2D eigenvalue weighted by molar-refractivity contribution is 0.743. The Kier molecular flexibility index (Phi) is 1.77. The number of H-pyrrole nitrogens is 1. The highest BCUT2D eigenvalue weighted by atomic mass is 14.9. The lowest BCUT2D eigenvalue weighted by Gasteiger charge is -2.03. The summed E-state index contributed by atoms with van der Waals surface area (Å²) in [5.74, 6) is 0.643. The van der Waals surface area contributed by atoms with Gasteiger partial charge in [-0.1, -0.05) is 0 Å². The molecule has 1 saturated heterocycles. The second-order valence-electron chi connectivity index (χ2n) is 3.86. The van der Waals surface area contributed by atoms with Crippen LogP contribution in [0.1, 0.15) is 18.0 Å². The van der Waals surface area contributed by atoms with Gasteiger partial charge in [0.25, 0.3) is 0 Å². The van der Waals surface area contributed by atoms with Crippen LogP contribution in [0.2, 0.25) is 0 Å². The zero-order valence-electron chi connectivity index (χ0n) is 7.96. The molecule has 0 amide bonds. The maximum atomic E-state index is 4.30. The third-order valence-electron chi connectivity index (χ3n) is 2.91. The average Bonchev–Trinajstić information content (AvgIpc) is 2.86. The summed E-state index contributed by atoms with van der Waals surface area (Å²) in [5.41, 5.74) is 2.33. The van der Waals surface area contributed by atoms with Gasteiger partial charge in [0.2, 0.25) is 0 Å². The molecule has 3 heteroatoms. The van der Waals surface area contributed by atoms with E-state index in [1.807, 2.05) is 12.3 Å². The van der Waals surface area contributed by atoms with Gasteiger partial charge in [0.1, 0.15) is 5.65 Å². The van der Waals surface area contributed by atoms with E-state index in [0.717, 1.165) is 18.7 Å². The van der Waals surface area contributed by atoms with Gasteiger partial charge < -0.3 is 10.3 Å². The first kappa shape index (κ1) is 8.00. The first-order valence-electron chi connectivity index (χ1n) is 5.08. The van der Waals surface area contributed by atoms with E-state index in [1.54, 1.807) is 0 Å². The summed E-state index contributed by atoms with van der Waals surface area (Å²) >= 11 is 0. The van der Waals surface area contributed by atoms with Gasteiger partial charge in [0.15, 0.2) is 0 Å². The molecule has 1 aliphatic heterocycles. The average molecular weight is 187 g/mol. The van der Waals surface area contributed by atoms with Gasteiger partial charge in [-0.3, -0.25) is 0 Å². The van der Waals surface area contributed by atoms with Gasteiger partial charge in [-0.05, 0) is 31.2 Å². The fourth-order valence-corrected chi connectivity index (χ4v) is 2.12. The molecule has 2 N–H and O–H groups in total. The molecule has 2 aromatic heterocycles. The van der Waals surface area contributed by atoms with Crippen molar-refractivity contribution in [3.63, 3.8) is 0 Å². The zero-order chi connectivity index (χ0) is 9.38. The molecule has 1 aliphatic rings. The Bertz CT molecular complexity index is 407. The molecule has 1 atom stereocenters. The number of hydrogen-bond acceptors (Lipinski definition) is 2. The van der Waals surface area contributed by atoms with E-state index in [2.05, 4.69) is 27.4 Å². The molecule has 0 spiro atoms. The predicted molar refractivity (Wildman–Crippen MR) is 56.3 cm³/mol. The van der Waals surface area contributed by atoms with Crippen molar-refractivity contribution in [3.05, 3.63) is 30.1 Å². The number of rotatable bonds is 1. The van der Waals surface area contributed by atoms with E-state index in [0.29, 0.717) is 5.92 Å². The quantitative estimate of drug-likeness (QED) is 0.712. The molecule has 0 aliphatic carbocycles. The summed E-state index contributed by atoms with van der Waals surface area (Å²) < 4.78 is 0. The van der Waals surface area contributed by atoms with Crippen molar-refractivity contribution in [1.29, 1.82) is 0 Å². The molecule has 1 fully saturated rings. The van der Waals surface area contributed by atoms with E-state index < -0.39 is 0 Å². The smallest absolute Gasteiger partial charge is 0.137 e. The summed E-state index contributed by atoms with van der Waals surface area (Å²) in [6, 6.07) is 6.30. The minimum atomic E-state index is 0.643. The maximum Gasteiger partial charge on any atom is 0.137 e. The molecule has 0 saturated carbocycles. The van der Waals surface area contributed by atoms with Crippen molar-refractivity contribution in [3.8, 4) is 0 Å². The molecule has 14 heavy (non-hydrogen) atoms. The number of aromatic nitrogens is 2. The molecular formula is C11H13N3. The van der Waals surface area contributed by atoms with Gasteiger partial charge in [-0.25, -0.2) is 4.98 Å². The van der Waals surface area contributed by atoms with Crippen LogP contribution in [0.4, 0.5) is 0 Å². The number of fused-ring (bicyclic) bond motifs is 1. The molecule has 0 bridgehead atoms. The topological polar surface area (TPSA) is 40.7 Å². The first-order chi connectivity index (χ1) is 6.93. The highest BCUT2D eigenvalue weighted by molar-refractivity contribution is 5.76. The Morgan fingerprint density at radius 1 is 1.43 bits per heavy atom. The lowest BCUT2D eigenvalue weighted by Crippen LogP contribution is -2.07. The zero-order valence-corrected chi connectivity index (χ0v) is 7.96. The molecule has 0 aromatic carbocycles. The number of hydrogen-bond donors (Lipinski definition) is 2. The van der Waals surface area contributed by atoms with Crippen molar-refractivity contribution in [1.82, 2.24) is 15.3 Å². The van der Waals surface area contributed by atoms with Crippen molar-refractivity contribution < 1.29 is 0 Å². The van der Waals surface area contributed by atoms with Gasteiger partial charge in [-0.2, -0.15) is 0 Å². The maximum absolute atomic E-state index is 4.30. The normalized spacial score (nSPS) is 21.9. The van der Waals surface area contributed by atoms with Crippen LogP contribution < -0.4 is 5.32 Å². The first-order valence-corrected chi connectivity index (χ1v) is 5.08. The van der Waals surface area contributed by atoms with Crippen LogP contribution in [0, 0.1) is 0 Å². The van der Waals surface area contributed by atoms with Crippen LogP contribution in [-0.2, 0) is 0 Å². The van der Waals surface area contributed by atoms with Gasteiger partial charge in [-0.15, -0.1) is 0 Å². The summed E-state index contributed by atoms with van der Waals surface area (Å²) in [6.07, 6.45) is 3.06. The third kappa shape index (κ3) is 1.21. The summed E-state index contributed by atoms with van der Waals surface area (Å²) in [6.45, 7) is 2.22. The second kappa shape index (κ2) is 3.10. The minimum Gasteiger partial charge on any atom is -0.343 e. The van der Waals surface area contributed by atoms with Crippen LogP contribution in [0.25, 0.3) is 11.0 Å². The Morgan fingerprint density at radius 2 is 2.43 bits per heavy atom. The van der Waals surface area contributed by atoms with Crippen LogP contribution in [0.3, 0.4) is 0 Å². The highest BCUT2D eigenvalue weighted by Gasteiger charge is 2.18. The standard InChI is InChI=1S/C11H13N3/c1-2-8-6-10(9-3-5-12-7-9)14-11(8)13-4-1/h1-2,4,6,9,12H,3,5,7H2,(H,13,14). The summed E-state index contributed by atoms with van der Waals surface area (Å²) in [5, 5.41) is 4.59. The van der Waals surface area contributed by atoms with Crippen molar-refractivity contribution >= 4 is 11.0 Å². The van der Waals surface area contributed by atoms with Crippen LogP contribution in [0.5, 0.6) is 0 Å². The third-order valence-corrected chi connectivity index (χ3v) is 2.91. The Hall–Kier alpha value is -1.35. The van der Waals surface area contributed by atoms with Crippen LogP contribution in [0.15, 0.2) is 24.4 Å². The molecule has 3 rings (SSSR count). The van der Waals surface area contributed by atoms with E-state index in [1.165, 1.54) is 17.5 Å². The van der Waals surface area contributed by atoms with Gasteiger partial charge in [0, 0.05) is 29.7 Å². The van der Waals surface area contributed by atoms with E-state index in [4.69, 9.17) is 0 Å². The molecule has 3 nitrogen and oxygen atoms in total. The summed E-state index contributed by atoms with van der Waals surface area (Å²) in [4.78, 5) is 7.68. The fraction of sp³-hybridized carbons (Fsp3) is 0.364. The second-order valence-corrected chi connectivity index (χ2v) is 3.86. The van der Waals surface area contributed by atoms with Gasteiger partial charge in [0.05, 0.1) is 0 Å². The Labute approximate surface area is 82.5 Å². The van der Waals surface area contributed by atoms with E-state index in [9.17, 15) is 0 Å². The van der Waals surface area contributed by atoms with Gasteiger partial charge >= 0.3 is 0 Å². The molecule has 0 radical (unpaired) electrons. The minimum absolute atomic E-state index is 0.643. The monoisotopic (exact) mass is 187 g/mol. The van der Waals surface area contributed by atoms with E-state index in [-0.39, 0.29) is 0 Å². The van der Waals surface area contributed by atoms with Crippen molar-refractivity contribution in [2.24, 2.45) is 0 Å². The number of aromatic amines is 1. The molecular weight excluding hydrogens is 174 g/mol. The molecule has 72 valence electrons. The molecule has 2 aromatic rings. The number of nitrogens with one attached hydrogen (secondary N) is 2. The number of nitrogens with zero attached hydrogens (tertiary/aromatic N) is 1. The SMILES string of the molecule is c1cnc2[nH]c(C3CCNC3)cc2c1. The summed E-state index contributed by atoms with van der Waals surface area (Å²) in [7, 11) is 0.